The van der Waals surface area contributed by atoms with E-state index in [-0.39, 0.29) is 36.8 Å². The van der Waals surface area contributed by atoms with Crippen molar-refractivity contribution in [2.24, 2.45) is 0 Å². The molecule has 2 aromatic rings. The predicted octanol–water partition coefficient (Wildman–Crippen LogP) is 4.10. The Kier molecular flexibility index (Phi) is 7.89. The molecule has 2 aromatic carbocycles. The summed E-state index contributed by atoms with van der Waals surface area (Å²) in [6.45, 7) is 6.94. The predicted molar refractivity (Wildman–Crippen MR) is 124 cm³/mol. The van der Waals surface area contributed by atoms with Crippen LogP contribution in [-0.2, 0) is 14.3 Å². The SMILES string of the molecule is CCCOc1ccc(C2=C(Nc3cccc(OC)c3)C(=O)N(CCOC(C)C)C2=O)cc1. The van der Waals surface area contributed by atoms with Crippen LogP contribution in [0.15, 0.2) is 54.2 Å². The van der Waals surface area contributed by atoms with Crippen molar-refractivity contribution in [1.29, 1.82) is 0 Å². The summed E-state index contributed by atoms with van der Waals surface area (Å²) in [6, 6.07) is 14.4. The molecule has 0 spiro atoms. The summed E-state index contributed by atoms with van der Waals surface area (Å²) in [6.07, 6.45) is 0.919. The number of hydrogen-bond acceptors (Lipinski definition) is 6. The minimum Gasteiger partial charge on any atom is -0.497 e. The van der Waals surface area contributed by atoms with Gasteiger partial charge in [-0.25, -0.2) is 0 Å². The van der Waals surface area contributed by atoms with Crippen LogP contribution in [0.4, 0.5) is 5.69 Å². The number of methoxy groups -OCH3 is 1. The van der Waals surface area contributed by atoms with Gasteiger partial charge in [-0.05, 0) is 50.1 Å². The topological polar surface area (TPSA) is 77.1 Å². The number of benzene rings is 2. The molecule has 170 valence electrons. The fourth-order valence-electron chi connectivity index (χ4n) is 3.33. The van der Waals surface area contributed by atoms with Gasteiger partial charge in [-0.3, -0.25) is 14.5 Å². The van der Waals surface area contributed by atoms with Crippen LogP contribution < -0.4 is 14.8 Å². The van der Waals surface area contributed by atoms with E-state index < -0.39 is 0 Å². The van der Waals surface area contributed by atoms with Crippen molar-refractivity contribution < 1.29 is 23.8 Å². The van der Waals surface area contributed by atoms with E-state index in [9.17, 15) is 9.59 Å². The van der Waals surface area contributed by atoms with E-state index in [0.717, 1.165) is 12.2 Å². The maximum Gasteiger partial charge on any atom is 0.278 e. The summed E-state index contributed by atoms with van der Waals surface area (Å²) in [5.41, 5.74) is 1.85. The molecule has 0 aliphatic carbocycles. The quantitative estimate of drug-likeness (QED) is 0.532. The molecule has 0 aromatic heterocycles. The van der Waals surface area contributed by atoms with Crippen LogP contribution in [0.25, 0.3) is 5.57 Å². The summed E-state index contributed by atoms with van der Waals surface area (Å²) in [4.78, 5) is 27.7. The Morgan fingerprint density at radius 2 is 1.72 bits per heavy atom. The zero-order chi connectivity index (χ0) is 23.1. The van der Waals surface area contributed by atoms with Gasteiger partial charge in [0.1, 0.15) is 17.2 Å². The minimum absolute atomic E-state index is 0.0141. The van der Waals surface area contributed by atoms with E-state index in [1.165, 1.54) is 4.90 Å². The van der Waals surface area contributed by atoms with Crippen molar-refractivity contribution in [1.82, 2.24) is 4.90 Å². The Hall–Kier alpha value is -3.32. The monoisotopic (exact) mass is 438 g/mol. The summed E-state index contributed by atoms with van der Waals surface area (Å²) in [5, 5.41) is 3.14. The Bertz CT molecular complexity index is 982. The van der Waals surface area contributed by atoms with E-state index in [1.54, 1.807) is 25.3 Å². The highest BCUT2D eigenvalue weighted by Crippen LogP contribution is 2.32. The summed E-state index contributed by atoms with van der Waals surface area (Å²) in [7, 11) is 1.58. The van der Waals surface area contributed by atoms with Gasteiger partial charge in [0, 0.05) is 11.8 Å². The first-order chi connectivity index (χ1) is 15.4. The zero-order valence-electron chi connectivity index (χ0n) is 19.0. The van der Waals surface area contributed by atoms with Crippen molar-refractivity contribution in [3.63, 3.8) is 0 Å². The molecule has 7 nitrogen and oxygen atoms in total. The maximum absolute atomic E-state index is 13.3. The van der Waals surface area contributed by atoms with Gasteiger partial charge in [-0.1, -0.05) is 25.1 Å². The zero-order valence-corrected chi connectivity index (χ0v) is 19.0. The van der Waals surface area contributed by atoms with Gasteiger partial charge >= 0.3 is 0 Å². The molecule has 3 rings (SSSR count). The number of nitrogens with one attached hydrogen (secondary N) is 1. The molecule has 7 heteroatoms. The summed E-state index contributed by atoms with van der Waals surface area (Å²) in [5.74, 6) is 0.632. The molecule has 0 radical (unpaired) electrons. The van der Waals surface area contributed by atoms with Crippen molar-refractivity contribution >= 4 is 23.1 Å². The third kappa shape index (κ3) is 5.48. The number of hydrogen-bond donors (Lipinski definition) is 1. The normalized spacial score (nSPS) is 13.8. The lowest BCUT2D eigenvalue weighted by molar-refractivity contribution is -0.137. The van der Waals surface area contributed by atoms with Gasteiger partial charge in [0.15, 0.2) is 0 Å². The van der Waals surface area contributed by atoms with E-state index >= 15 is 0 Å². The lowest BCUT2D eigenvalue weighted by Crippen LogP contribution is -2.35. The second kappa shape index (κ2) is 10.8. The third-order valence-electron chi connectivity index (χ3n) is 4.89. The van der Waals surface area contributed by atoms with E-state index in [4.69, 9.17) is 14.2 Å². The number of nitrogens with zero attached hydrogens (tertiary/aromatic N) is 1. The highest BCUT2D eigenvalue weighted by atomic mass is 16.5. The van der Waals surface area contributed by atoms with Crippen molar-refractivity contribution in [3.8, 4) is 11.5 Å². The Balaban J connectivity index is 1.93. The smallest absolute Gasteiger partial charge is 0.278 e. The number of carbonyl (C=O) groups is 2. The molecule has 0 saturated heterocycles. The number of anilines is 1. The Morgan fingerprint density at radius 1 is 0.969 bits per heavy atom. The second-order valence-electron chi connectivity index (χ2n) is 7.66. The number of rotatable bonds is 11. The van der Waals surface area contributed by atoms with Crippen LogP contribution in [0.1, 0.15) is 32.8 Å². The van der Waals surface area contributed by atoms with Gasteiger partial charge < -0.3 is 19.5 Å². The van der Waals surface area contributed by atoms with Crippen molar-refractivity contribution in [2.75, 3.05) is 32.2 Å². The average molecular weight is 439 g/mol. The van der Waals surface area contributed by atoms with Crippen LogP contribution in [0, 0.1) is 0 Å². The van der Waals surface area contributed by atoms with Crippen LogP contribution in [-0.4, -0.2) is 49.7 Å². The molecule has 1 N–H and O–H groups in total. The summed E-state index contributed by atoms with van der Waals surface area (Å²) < 4.78 is 16.5. The number of imide groups is 1. The Morgan fingerprint density at radius 3 is 2.38 bits per heavy atom. The molecule has 1 aliphatic rings. The largest absolute Gasteiger partial charge is 0.497 e. The first-order valence-electron chi connectivity index (χ1n) is 10.8. The molecule has 0 unspecified atom stereocenters. The molecule has 2 amide bonds. The number of ether oxygens (including phenoxy) is 3. The molecule has 0 fully saturated rings. The number of amides is 2. The van der Waals surface area contributed by atoms with E-state index in [0.29, 0.717) is 29.2 Å². The maximum atomic E-state index is 13.3. The first-order valence-corrected chi connectivity index (χ1v) is 10.8. The fourth-order valence-corrected chi connectivity index (χ4v) is 3.33. The molecule has 0 bridgehead atoms. The molecular formula is C25H30N2O5. The lowest BCUT2D eigenvalue weighted by atomic mass is 10.0. The average Bonchev–Trinajstić information content (AvgIpc) is 3.02. The molecule has 0 atom stereocenters. The second-order valence-corrected chi connectivity index (χ2v) is 7.66. The van der Waals surface area contributed by atoms with Crippen molar-refractivity contribution in [3.05, 3.63) is 59.8 Å². The minimum atomic E-state index is -0.383. The standard InChI is InChI=1S/C25H30N2O5/c1-5-14-32-20-11-9-18(10-12-20)22-23(26-19-7-6-8-21(16-19)30-4)25(29)27(24(22)28)13-15-31-17(2)3/h6-12,16-17,26H,5,13-15H2,1-4H3. The van der Waals surface area contributed by atoms with Gasteiger partial charge in [-0.2, -0.15) is 0 Å². The fraction of sp³-hybridized carbons (Fsp3) is 0.360. The molecule has 1 heterocycles. The molecule has 0 saturated carbocycles. The third-order valence-corrected chi connectivity index (χ3v) is 4.89. The van der Waals surface area contributed by atoms with Crippen LogP contribution >= 0.6 is 0 Å². The van der Waals surface area contributed by atoms with Crippen LogP contribution in [0.2, 0.25) is 0 Å². The van der Waals surface area contributed by atoms with Crippen LogP contribution in [0.5, 0.6) is 11.5 Å². The molecule has 32 heavy (non-hydrogen) atoms. The van der Waals surface area contributed by atoms with E-state index in [2.05, 4.69) is 5.32 Å². The molecular weight excluding hydrogens is 408 g/mol. The van der Waals surface area contributed by atoms with Gasteiger partial charge in [0.05, 0.1) is 38.5 Å². The number of carbonyl (C=O) groups excluding carboxylic acids is 2. The van der Waals surface area contributed by atoms with Gasteiger partial charge in [0.2, 0.25) is 0 Å². The first kappa shape index (κ1) is 23.3. The lowest BCUT2D eigenvalue weighted by Gasteiger charge is -2.16. The Labute approximate surface area is 189 Å². The summed E-state index contributed by atoms with van der Waals surface area (Å²) >= 11 is 0. The van der Waals surface area contributed by atoms with Crippen molar-refractivity contribution in [2.45, 2.75) is 33.3 Å². The molecule has 1 aliphatic heterocycles. The van der Waals surface area contributed by atoms with Gasteiger partial charge in [0.25, 0.3) is 11.8 Å². The van der Waals surface area contributed by atoms with E-state index in [1.807, 2.05) is 51.1 Å². The highest BCUT2D eigenvalue weighted by molar-refractivity contribution is 6.36. The van der Waals surface area contributed by atoms with Gasteiger partial charge in [-0.15, -0.1) is 0 Å². The highest BCUT2D eigenvalue weighted by Gasteiger charge is 2.39. The van der Waals surface area contributed by atoms with Crippen LogP contribution in [0.3, 0.4) is 0 Å².